The van der Waals surface area contributed by atoms with Crippen molar-refractivity contribution < 1.29 is 25.6 Å². The maximum absolute atomic E-state index is 15.2. The Kier molecular flexibility index (Phi) is 6.26. The second-order valence-corrected chi connectivity index (χ2v) is 17.1. The molecule has 4 bridgehead atoms. The van der Waals surface area contributed by atoms with Crippen molar-refractivity contribution >= 4 is 52.6 Å². The molecule has 236 valence electrons. The average molecular weight is 652 g/mol. The van der Waals surface area contributed by atoms with Gasteiger partial charge >= 0.3 is 10.1 Å². The van der Waals surface area contributed by atoms with Crippen LogP contribution in [0.25, 0.3) is 32.3 Å². The Morgan fingerprint density at radius 2 is 1.28 bits per heavy atom. The molecule has 3 atom stereocenters. The molecule has 0 heterocycles. The van der Waals surface area contributed by atoms with Gasteiger partial charge in [0.25, 0.3) is 0 Å². The predicted molar refractivity (Wildman–Crippen MR) is 178 cm³/mol. The molecule has 0 aromatic heterocycles. The highest BCUT2D eigenvalue weighted by molar-refractivity contribution is 7.87. The van der Waals surface area contributed by atoms with Gasteiger partial charge in [0.1, 0.15) is 15.0 Å². The van der Waals surface area contributed by atoms with Gasteiger partial charge in [0, 0.05) is 21.5 Å². The molecule has 46 heavy (non-hydrogen) atoms. The smallest absolute Gasteiger partial charge is 0.339 e. The summed E-state index contributed by atoms with van der Waals surface area (Å²) >= 11 is 0. The predicted octanol–water partition coefficient (Wildman–Crippen LogP) is 8.55. The van der Waals surface area contributed by atoms with Gasteiger partial charge in [0.15, 0.2) is 5.75 Å². The van der Waals surface area contributed by atoms with Crippen LogP contribution in [0.15, 0.2) is 88.7 Å². The van der Waals surface area contributed by atoms with E-state index in [9.17, 15) is 13.0 Å². The number of rotatable bonds is 6. The molecule has 6 nitrogen and oxygen atoms in total. The van der Waals surface area contributed by atoms with Crippen LogP contribution < -0.4 is 4.18 Å². The first-order chi connectivity index (χ1) is 22.1. The second-order valence-electron chi connectivity index (χ2n) is 14.3. The standard InChI is InChI=1S/C38H36O6S2/c39-45(40,41)36-30-11-5-3-9-28(30)35(29-10-4-6-12-31(29)36)44-46(42,43)37-33(32-20-24-13-14-26(32)19-24)21-25-7-1-2-8-27(25)34(37)38-17-15-23(22-38)16-18-38/h1-12,21,23-24,26,32H,13-20,22H2,(H,39,40,41)/p-1. The van der Waals surface area contributed by atoms with Gasteiger partial charge in [-0.2, -0.15) is 8.42 Å². The van der Waals surface area contributed by atoms with E-state index in [4.69, 9.17) is 4.18 Å². The third kappa shape index (κ3) is 4.22. The summed E-state index contributed by atoms with van der Waals surface area (Å²) in [6.45, 7) is 0. The van der Waals surface area contributed by atoms with Gasteiger partial charge in [-0.3, -0.25) is 0 Å². The molecule has 0 saturated heterocycles. The zero-order valence-corrected chi connectivity index (χ0v) is 27.1. The van der Waals surface area contributed by atoms with Crippen LogP contribution in [0.1, 0.15) is 74.8 Å². The summed E-state index contributed by atoms with van der Waals surface area (Å²) in [7, 11) is -9.34. The van der Waals surface area contributed by atoms with E-state index in [2.05, 4.69) is 18.2 Å². The Balaban J connectivity index is 1.34. The first kappa shape index (κ1) is 28.7. The number of fused-ring (bicyclic) bond motifs is 7. The van der Waals surface area contributed by atoms with Crippen molar-refractivity contribution in [1.82, 2.24) is 0 Å². The molecule has 4 saturated carbocycles. The maximum atomic E-state index is 15.2. The first-order valence-electron chi connectivity index (χ1n) is 16.5. The van der Waals surface area contributed by atoms with E-state index in [1.54, 1.807) is 48.5 Å². The summed E-state index contributed by atoms with van der Waals surface area (Å²) in [5.74, 6) is 1.89. The minimum Gasteiger partial charge on any atom is -0.744 e. The Morgan fingerprint density at radius 3 is 1.83 bits per heavy atom. The second kappa shape index (κ2) is 10.0. The molecule has 4 aliphatic carbocycles. The van der Waals surface area contributed by atoms with Gasteiger partial charge in [0.2, 0.25) is 0 Å². The topological polar surface area (TPSA) is 101 Å². The molecule has 0 radical (unpaired) electrons. The van der Waals surface area contributed by atoms with Crippen molar-refractivity contribution in [2.24, 2.45) is 17.8 Å². The SMILES string of the molecule is O=S(=O)([O-])c1c2ccccc2c(OS(=O)(=O)c2c(C3CC4CCC3C4)cc3ccccc3c2C23CCC(CC2)C3)c2ccccc12. The molecule has 0 N–H and O–H groups in total. The van der Waals surface area contributed by atoms with Gasteiger partial charge in [-0.15, -0.1) is 0 Å². The molecule has 0 amide bonds. The number of hydrogen-bond acceptors (Lipinski definition) is 6. The van der Waals surface area contributed by atoms with Crippen LogP contribution in [0.4, 0.5) is 0 Å². The zero-order chi connectivity index (χ0) is 31.4. The molecule has 4 aliphatic rings. The van der Waals surface area contributed by atoms with Crippen molar-refractivity contribution in [3.8, 4) is 5.75 Å². The van der Waals surface area contributed by atoms with Gasteiger partial charge in [-0.25, -0.2) is 8.42 Å². The van der Waals surface area contributed by atoms with Crippen LogP contribution in [0.3, 0.4) is 0 Å². The minimum atomic E-state index is -4.90. The lowest BCUT2D eigenvalue weighted by molar-refractivity contribution is 0.396. The lowest BCUT2D eigenvalue weighted by Crippen LogP contribution is -2.27. The third-order valence-electron chi connectivity index (χ3n) is 12.0. The summed E-state index contributed by atoms with van der Waals surface area (Å²) in [4.78, 5) is -0.0284. The van der Waals surface area contributed by atoms with E-state index in [1.165, 1.54) is 6.42 Å². The first-order valence-corrected chi connectivity index (χ1v) is 19.3. The van der Waals surface area contributed by atoms with Gasteiger partial charge < -0.3 is 8.74 Å². The highest BCUT2D eigenvalue weighted by Crippen LogP contribution is 2.61. The van der Waals surface area contributed by atoms with Crippen molar-refractivity contribution in [2.75, 3.05) is 0 Å². The average Bonchev–Trinajstić information content (AvgIpc) is 3.86. The van der Waals surface area contributed by atoms with Crippen LogP contribution in [0.5, 0.6) is 5.75 Å². The van der Waals surface area contributed by atoms with Crippen LogP contribution in [-0.2, 0) is 25.7 Å². The molecular weight excluding hydrogens is 617 g/mol. The van der Waals surface area contributed by atoms with Crippen molar-refractivity contribution in [2.45, 2.75) is 78.9 Å². The van der Waals surface area contributed by atoms with Crippen LogP contribution in [0, 0.1) is 17.8 Å². The van der Waals surface area contributed by atoms with Gasteiger partial charge in [0.05, 0.1) is 4.90 Å². The van der Waals surface area contributed by atoms with Crippen molar-refractivity contribution in [3.63, 3.8) is 0 Å². The fourth-order valence-electron chi connectivity index (χ4n) is 10.1. The molecular formula is C38H35O6S2-. The number of benzene rings is 5. The molecule has 4 fully saturated rings. The quantitative estimate of drug-likeness (QED) is 0.104. The summed E-state index contributed by atoms with van der Waals surface area (Å²) in [6, 6.07) is 23.4. The Bertz CT molecular complexity index is 2240. The lowest BCUT2D eigenvalue weighted by Gasteiger charge is -2.34. The molecule has 9 rings (SSSR count). The van der Waals surface area contributed by atoms with Crippen molar-refractivity contribution in [1.29, 1.82) is 0 Å². The molecule has 5 aromatic carbocycles. The zero-order valence-electron chi connectivity index (χ0n) is 25.4. The largest absolute Gasteiger partial charge is 0.744 e. The Labute approximate surface area is 269 Å². The molecule has 0 aliphatic heterocycles. The summed E-state index contributed by atoms with van der Waals surface area (Å²) < 4.78 is 74.7. The van der Waals surface area contributed by atoms with E-state index in [-0.39, 0.29) is 43.5 Å². The highest BCUT2D eigenvalue weighted by atomic mass is 32.2. The van der Waals surface area contributed by atoms with E-state index in [0.717, 1.165) is 73.3 Å². The highest BCUT2D eigenvalue weighted by Gasteiger charge is 2.51. The summed E-state index contributed by atoms with van der Waals surface area (Å²) in [5, 5.41) is 2.94. The van der Waals surface area contributed by atoms with Crippen molar-refractivity contribution in [3.05, 3.63) is 90.0 Å². The summed E-state index contributed by atoms with van der Waals surface area (Å²) in [6.07, 6.45) is 9.58. The van der Waals surface area contributed by atoms with Crippen LogP contribution in [0.2, 0.25) is 0 Å². The maximum Gasteiger partial charge on any atom is 0.339 e. The fourth-order valence-corrected chi connectivity index (χ4v) is 12.6. The molecule has 8 heteroatoms. The van der Waals surface area contributed by atoms with E-state index in [1.807, 2.05) is 12.1 Å². The molecule has 3 unspecified atom stereocenters. The Hall–Kier alpha value is -3.46. The van der Waals surface area contributed by atoms with Gasteiger partial charge in [-0.1, -0.05) is 79.2 Å². The Morgan fingerprint density at radius 1 is 0.674 bits per heavy atom. The minimum absolute atomic E-state index is 0.0600. The van der Waals surface area contributed by atoms with E-state index >= 15 is 8.42 Å². The van der Waals surface area contributed by atoms with Gasteiger partial charge in [-0.05, 0) is 108 Å². The lowest BCUT2D eigenvalue weighted by atomic mass is 9.73. The monoisotopic (exact) mass is 651 g/mol. The van der Waals surface area contributed by atoms with E-state index in [0.29, 0.717) is 22.6 Å². The van der Waals surface area contributed by atoms with Crippen LogP contribution >= 0.6 is 0 Å². The molecule has 5 aromatic rings. The molecule has 0 spiro atoms. The fraction of sp³-hybridized carbons (Fsp3) is 0.368. The van der Waals surface area contributed by atoms with E-state index < -0.39 is 20.2 Å². The summed E-state index contributed by atoms with van der Waals surface area (Å²) in [5.41, 5.74) is 1.59. The number of hydrogen-bond donors (Lipinski definition) is 0. The van der Waals surface area contributed by atoms with Crippen LogP contribution in [-0.4, -0.2) is 21.4 Å². The third-order valence-corrected chi connectivity index (χ3v) is 14.2. The normalized spacial score (nSPS) is 27.3.